The van der Waals surface area contributed by atoms with Gasteiger partial charge in [0.25, 0.3) is 5.91 Å². The number of imidazole rings is 1. The third-order valence-corrected chi connectivity index (χ3v) is 4.76. The first-order valence-corrected chi connectivity index (χ1v) is 9.10. The van der Waals surface area contributed by atoms with Gasteiger partial charge in [-0.05, 0) is 31.2 Å². The number of hydrogen-bond acceptors (Lipinski definition) is 5. The lowest BCUT2D eigenvalue weighted by molar-refractivity contribution is 0.0684. The highest BCUT2D eigenvalue weighted by atomic mass is 16.2. The van der Waals surface area contributed by atoms with Crippen LogP contribution in [0.3, 0.4) is 0 Å². The fourth-order valence-corrected chi connectivity index (χ4v) is 3.43. The van der Waals surface area contributed by atoms with Crippen molar-refractivity contribution in [1.82, 2.24) is 34.3 Å². The summed E-state index contributed by atoms with van der Waals surface area (Å²) in [4.78, 5) is 23.1. The minimum absolute atomic E-state index is 0.0342. The molecule has 4 rings (SSSR count). The van der Waals surface area contributed by atoms with Crippen LogP contribution in [0.15, 0.2) is 30.9 Å². The Bertz CT molecular complexity index is 872. The molecule has 0 unspecified atom stereocenters. The number of carbonyl (C=O) groups excluding carboxylic acids is 1. The number of fused-ring (bicyclic) bond motifs is 1. The molecule has 4 heterocycles. The zero-order valence-electron chi connectivity index (χ0n) is 15.1. The van der Waals surface area contributed by atoms with Gasteiger partial charge in [-0.25, -0.2) is 14.6 Å². The average molecular weight is 353 g/mol. The summed E-state index contributed by atoms with van der Waals surface area (Å²) < 4.78 is 3.74. The van der Waals surface area contributed by atoms with Crippen LogP contribution in [-0.2, 0) is 6.42 Å². The number of piperidine rings is 1. The van der Waals surface area contributed by atoms with E-state index in [0.717, 1.165) is 25.0 Å². The maximum absolute atomic E-state index is 12.7. The number of amides is 1. The summed E-state index contributed by atoms with van der Waals surface area (Å²) in [7, 11) is 0. The standard InChI is InChI=1S/C18H23N7O/c1-13(2)10-14-11-25(22-21-14)15-4-8-23(9-5-15)17(26)16-12-24-7-3-6-19-18(24)20-16/h3,6-7,11-13,15H,4-5,8-10H2,1-2H3. The first-order chi connectivity index (χ1) is 12.6. The maximum atomic E-state index is 12.7. The molecule has 0 atom stereocenters. The summed E-state index contributed by atoms with van der Waals surface area (Å²) in [5.74, 6) is 1.08. The molecule has 0 bridgehead atoms. The summed E-state index contributed by atoms with van der Waals surface area (Å²) in [6.45, 7) is 5.75. The van der Waals surface area contributed by atoms with Crippen molar-refractivity contribution in [3.63, 3.8) is 0 Å². The van der Waals surface area contributed by atoms with Gasteiger partial charge < -0.3 is 4.90 Å². The number of rotatable bonds is 4. The predicted molar refractivity (Wildman–Crippen MR) is 95.7 cm³/mol. The van der Waals surface area contributed by atoms with Crippen LogP contribution in [0, 0.1) is 5.92 Å². The SMILES string of the molecule is CC(C)Cc1cn(C2CCN(C(=O)c3cn4cccnc4n3)CC2)nn1. The van der Waals surface area contributed by atoms with Gasteiger partial charge in [-0.1, -0.05) is 19.1 Å². The van der Waals surface area contributed by atoms with E-state index in [4.69, 9.17) is 0 Å². The molecule has 1 aliphatic rings. The van der Waals surface area contributed by atoms with Gasteiger partial charge >= 0.3 is 0 Å². The highest BCUT2D eigenvalue weighted by Gasteiger charge is 2.26. The molecule has 8 heteroatoms. The van der Waals surface area contributed by atoms with E-state index in [0.29, 0.717) is 36.5 Å². The Morgan fingerprint density at radius 2 is 2.08 bits per heavy atom. The lowest BCUT2D eigenvalue weighted by Crippen LogP contribution is -2.39. The molecule has 1 amide bonds. The van der Waals surface area contributed by atoms with Gasteiger partial charge in [0.15, 0.2) is 0 Å². The first kappa shape index (κ1) is 16.7. The molecule has 8 nitrogen and oxygen atoms in total. The largest absolute Gasteiger partial charge is 0.337 e. The van der Waals surface area contributed by atoms with Crippen LogP contribution in [0.4, 0.5) is 0 Å². The quantitative estimate of drug-likeness (QED) is 0.716. The predicted octanol–water partition coefficient (Wildman–Crippen LogP) is 2.00. The van der Waals surface area contributed by atoms with E-state index in [1.54, 1.807) is 16.8 Å². The summed E-state index contributed by atoms with van der Waals surface area (Å²) in [5.41, 5.74) is 1.48. The second-order valence-electron chi connectivity index (χ2n) is 7.26. The zero-order chi connectivity index (χ0) is 18.1. The van der Waals surface area contributed by atoms with Gasteiger partial charge in [-0.3, -0.25) is 9.20 Å². The third-order valence-electron chi connectivity index (χ3n) is 4.76. The van der Waals surface area contributed by atoms with Gasteiger partial charge in [0.2, 0.25) is 5.78 Å². The molecular weight excluding hydrogens is 330 g/mol. The van der Waals surface area contributed by atoms with Crippen molar-refractivity contribution in [2.75, 3.05) is 13.1 Å². The van der Waals surface area contributed by atoms with Crippen molar-refractivity contribution in [3.8, 4) is 0 Å². The number of nitrogens with zero attached hydrogens (tertiary/aromatic N) is 7. The van der Waals surface area contributed by atoms with E-state index in [1.807, 2.05) is 21.8 Å². The lowest BCUT2D eigenvalue weighted by atomic mass is 10.0. The molecule has 3 aromatic heterocycles. The molecule has 0 aromatic carbocycles. The Balaban J connectivity index is 1.39. The Morgan fingerprint density at radius 3 is 2.81 bits per heavy atom. The molecule has 3 aromatic rings. The third kappa shape index (κ3) is 3.31. The Hall–Kier alpha value is -2.77. The molecule has 1 aliphatic heterocycles. The van der Waals surface area contributed by atoms with Crippen LogP contribution in [0.1, 0.15) is 48.9 Å². The van der Waals surface area contributed by atoms with Crippen LogP contribution < -0.4 is 0 Å². The van der Waals surface area contributed by atoms with Gasteiger partial charge in [-0.15, -0.1) is 5.10 Å². The summed E-state index contributed by atoms with van der Waals surface area (Å²) in [5, 5.41) is 8.56. The first-order valence-electron chi connectivity index (χ1n) is 9.10. The van der Waals surface area contributed by atoms with Crippen molar-refractivity contribution < 1.29 is 4.79 Å². The minimum Gasteiger partial charge on any atom is -0.337 e. The molecule has 0 radical (unpaired) electrons. The Labute approximate surface area is 151 Å². The average Bonchev–Trinajstić information content (AvgIpc) is 3.27. The van der Waals surface area contributed by atoms with E-state index in [9.17, 15) is 4.79 Å². The minimum atomic E-state index is -0.0342. The molecule has 1 saturated heterocycles. The van der Waals surface area contributed by atoms with E-state index in [-0.39, 0.29) is 5.91 Å². The fourth-order valence-electron chi connectivity index (χ4n) is 3.43. The smallest absolute Gasteiger partial charge is 0.274 e. The summed E-state index contributed by atoms with van der Waals surface area (Å²) in [6.07, 6.45) is 10.0. The fraction of sp³-hybridized carbons (Fsp3) is 0.500. The van der Waals surface area contributed by atoms with E-state index >= 15 is 0 Å². The molecule has 0 N–H and O–H groups in total. The molecule has 26 heavy (non-hydrogen) atoms. The molecule has 136 valence electrons. The molecule has 0 aliphatic carbocycles. The van der Waals surface area contributed by atoms with Crippen molar-refractivity contribution in [1.29, 1.82) is 0 Å². The van der Waals surface area contributed by atoms with Gasteiger partial charge in [0.1, 0.15) is 5.69 Å². The van der Waals surface area contributed by atoms with Crippen LogP contribution >= 0.6 is 0 Å². The highest BCUT2D eigenvalue weighted by Crippen LogP contribution is 2.23. The van der Waals surface area contributed by atoms with E-state index in [2.05, 4.69) is 40.3 Å². The number of likely N-dealkylation sites (tertiary alicyclic amines) is 1. The van der Waals surface area contributed by atoms with Crippen molar-refractivity contribution in [2.24, 2.45) is 5.92 Å². The molecular formula is C18H23N7O. The lowest BCUT2D eigenvalue weighted by Gasteiger charge is -2.31. The molecule has 1 fully saturated rings. The normalized spacial score (nSPS) is 15.9. The van der Waals surface area contributed by atoms with Crippen molar-refractivity contribution >= 4 is 11.7 Å². The van der Waals surface area contributed by atoms with Gasteiger partial charge in [0, 0.05) is 37.9 Å². The highest BCUT2D eigenvalue weighted by molar-refractivity contribution is 5.92. The van der Waals surface area contributed by atoms with Crippen LogP contribution in [-0.4, -0.2) is 53.3 Å². The van der Waals surface area contributed by atoms with E-state index < -0.39 is 0 Å². The zero-order valence-corrected chi connectivity index (χ0v) is 15.1. The van der Waals surface area contributed by atoms with Crippen molar-refractivity contribution in [2.45, 2.75) is 39.2 Å². The van der Waals surface area contributed by atoms with Crippen molar-refractivity contribution in [3.05, 3.63) is 42.2 Å². The second-order valence-corrected chi connectivity index (χ2v) is 7.26. The molecule has 0 spiro atoms. The summed E-state index contributed by atoms with van der Waals surface area (Å²) in [6, 6.07) is 2.12. The van der Waals surface area contributed by atoms with Crippen LogP contribution in [0.25, 0.3) is 5.78 Å². The van der Waals surface area contributed by atoms with Gasteiger partial charge in [0.05, 0.1) is 11.7 Å². The van der Waals surface area contributed by atoms with E-state index in [1.165, 1.54) is 0 Å². The second kappa shape index (κ2) is 6.86. The Morgan fingerprint density at radius 1 is 1.27 bits per heavy atom. The maximum Gasteiger partial charge on any atom is 0.274 e. The molecule has 0 saturated carbocycles. The van der Waals surface area contributed by atoms with Gasteiger partial charge in [-0.2, -0.15) is 0 Å². The van der Waals surface area contributed by atoms with Crippen LogP contribution in [0.2, 0.25) is 0 Å². The summed E-state index contributed by atoms with van der Waals surface area (Å²) >= 11 is 0. The number of hydrogen-bond donors (Lipinski definition) is 0. The topological polar surface area (TPSA) is 81.2 Å². The number of aromatic nitrogens is 6. The Kier molecular flexibility index (Phi) is 4.40. The van der Waals surface area contributed by atoms with Crippen LogP contribution in [0.5, 0.6) is 0 Å². The monoisotopic (exact) mass is 353 g/mol. The number of carbonyl (C=O) groups is 1.